The molecule has 17 N–H and O–H groups in total. The summed E-state index contributed by atoms with van der Waals surface area (Å²) in [4.78, 5) is 102. The molecule has 1 aromatic rings. The van der Waals surface area contributed by atoms with Crippen LogP contribution in [-0.4, -0.2) is 202 Å². The van der Waals surface area contributed by atoms with Crippen molar-refractivity contribution in [3.8, 4) is 5.75 Å². The molecule has 7 amide bonds. The van der Waals surface area contributed by atoms with Crippen LogP contribution in [0, 0.1) is 11.8 Å². The van der Waals surface area contributed by atoms with Gasteiger partial charge in [0.1, 0.15) is 59.6 Å². The first-order chi connectivity index (χ1) is 36.5. The minimum Gasteiger partial charge on any atom is -0.508 e. The molecule has 16 atom stereocenters. The molecule has 3 aliphatic rings. The van der Waals surface area contributed by atoms with Crippen LogP contribution in [0.2, 0.25) is 0 Å². The second-order valence-corrected chi connectivity index (χ2v) is 22.4. The summed E-state index contributed by atoms with van der Waals surface area (Å²) < 4.78 is 0. The van der Waals surface area contributed by atoms with Gasteiger partial charge in [-0.1, -0.05) is 77.8 Å². The molecule has 3 heterocycles. The Morgan fingerprint density at radius 1 is 0.727 bits per heavy atom. The first-order valence-electron chi connectivity index (χ1n) is 27.2. The number of phenolic OH excluding ortho intramolecular Hbond substituents is 1. The van der Waals surface area contributed by atoms with Crippen molar-refractivity contribution in [2.45, 2.75) is 202 Å². The number of hydrogen-bond donors (Lipinski definition) is 15. The van der Waals surface area contributed by atoms with Gasteiger partial charge in [-0.2, -0.15) is 0 Å². The van der Waals surface area contributed by atoms with E-state index in [4.69, 9.17) is 11.5 Å². The third-order valence-electron chi connectivity index (χ3n) is 14.8. The number of nitrogens with zero attached hydrogens (tertiary/aromatic N) is 2. The number of nitrogens with two attached hydrogens (primary N) is 2. The summed E-state index contributed by atoms with van der Waals surface area (Å²) in [6.45, 7) is 6.89. The lowest BCUT2D eigenvalue weighted by Crippen LogP contribution is -2.64. The van der Waals surface area contributed by atoms with Gasteiger partial charge in [0.2, 0.25) is 41.4 Å². The van der Waals surface area contributed by atoms with Gasteiger partial charge in [-0.15, -0.1) is 11.8 Å². The number of fused-ring (bicyclic) bond motifs is 2. The Morgan fingerprint density at radius 2 is 1.35 bits per heavy atom. The average molecular weight is 1110 g/mol. The number of carbonyl (C=O) groups excluding carboxylic acids is 7. The van der Waals surface area contributed by atoms with Crippen LogP contribution in [0.15, 0.2) is 24.3 Å². The fourth-order valence-corrected chi connectivity index (χ4v) is 11.1. The normalized spacial score (nSPS) is 28.6. The predicted octanol–water partition coefficient (Wildman–Crippen LogP) is -2.17. The number of carbonyl (C=O) groups is 7. The second-order valence-electron chi connectivity index (χ2n) is 21.1. The highest BCUT2D eigenvalue weighted by atomic mass is 32.2. The number of unbranched alkanes of at least 4 members (excludes halogenated alkanes) is 5. The molecule has 0 spiro atoms. The van der Waals surface area contributed by atoms with Crippen LogP contribution in [0.1, 0.15) is 129 Å². The molecule has 0 bridgehead atoms. The molecule has 24 nitrogen and oxygen atoms in total. The van der Waals surface area contributed by atoms with Gasteiger partial charge < -0.3 is 88.7 Å². The molecule has 0 aliphatic carbocycles. The quantitative estimate of drug-likeness (QED) is 0.0519. The largest absolute Gasteiger partial charge is 0.508 e. The van der Waals surface area contributed by atoms with E-state index < -0.39 is 145 Å². The summed E-state index contributed by atoms with van der Waals surface area (Å²) in [6.07, 6.45) is -5.21. The van der Waals surface area contributed by atoms with Crippen LogP contribution < -0.4 is 38.1 Å². The minimum absolute atomic E-state index is 0.0153. The monoisotopic (exact) mass is 1110 g/mol. The molecule has 3 fully saturated rings. The van der Waals surface area contributed by atoms with Crippen molar-refractivity contribution in [3.63, 3.8) is 0 Å². The van der Waals surface area contributed by atoms with Gasteiger partial charge in [0, 0.05) is 44.6 Å². The number of thioether (sulfide) groups is 1. The first kappa shape index (κ1) is 64.8. The topological polar surface area (TPSA) is 400 Å². The molecule has 25 heteroatoms. The minimum atomic E-state index is -2.27. The summed E-state index contributed by atoms with van der Waals surface area (Å²) in [5.41, 5.74) is 11.5. The fourth-order valence-electron chi connectivity index (χ4n) is 10.1. The van der Waals surface area contributed by atoms with E-state index in [0.717, 1.165) is 73.4 Å². The Bertz CT molecular complexity index is 2080. The van der Waals surface area contributed by atoms with E-state index in [1.54, 1.807) is 0 Å². The van der Waals surface area contributed by atoms with Crippen LogP contribution >= 0.6 is 11.8 Å². The molecular weight excluding hydrogens is 1020 g/mol. The number of nitrogens with one attached hydrogen (secondary N) is 5. The lowest BCUT2D eigenvalue weighted by Gasteiger charge is -2.35. The standard InChI is InChI=1S/C52H87N9O15S/c1-5-28(2)24-29(3)12-10-8-6-7-9-11-13-39(68)55-34-26-38(67)50(77-23-21-54)59-49(74)43-37(66)19-22-60(43)52(76)41(36(65)18-20-53)57-48(73)42(45(70)44(69)31-14-16-32(63)17-15-31)58-47(72)35-25-33(64)27-61(35)51(75)40(30(4)62)56-46(34)71/h14-17,28-30,33-38,40-45,50,62-67,69-70H,5-13,18-27,53-54H2,1-4H3,(H,55,68)(H,56,71)(H,57,73)(H,58,72)(H,59,74)/t28-,29+,30+,33+,34-,35-,36+,37-,38+,40-,41-,42-,43-,44-,45-,50-/m0/s1. The first-order valence-corrected chi connectivity index (χ1v) is 28.3. The Labute approximate surface area is 455 Å². The van der Waals surface area contributed by atoms with E-state index in [1.807, 2.05) is 0 Å². The molecular formula is C52H87N9O15S. The number of aliphatic hydroxyl groups is 7. The van der Waals surface area contributed by atoms with Crippen LogP contribution in [0.25, 0.3) is 0 Å². The lowest BCUT2D eigenvalue weighted by atomic mass is 9.91. The summed E-state index contributed by atoms with van der Waals surface area (Å²) in [7, 11) is 0. The predicted molar refractivity (Wildman–Crippen MR) is 285 cm³/mol. The maximum absolute atomic E-state index is 14.6. The molecule has 0 unspecified atom stereocenters. The van der Waals surface area contributed by atoms with Crippen molar-refractivity contribution in [3.05, 3.63) is 29.8 Å². The van der Waals surface area contributed by atoms with Crippen molar-refractivity contribution in [2.75, 3.05) is 31.9 Å². The summed E-state index contributed by atoms with van der Waals surface area (Å²) in [5, 5.41) is 100. The summed E-state index contributed by atoms with van der Waals surface area (Å²) >= 11 is 0.944. The van der Waals surface area contributed by atoms with E-state index in [0.29, 0.717) is 18.3 Å². The van der Waals surface area contributed by atoms with Gasteiger partial charge in [-0.3, -0.25) is 33.6 Å². The van der Waals surface area contributed by atoms with Gasteiger partial charge in [-0.25, -0.2) is 0 Å². The van der Waals surface area contributed by atoms with Gasteiger partial charge in [-0.05, 0) is 68.7 Å². The lowest BCUT2D eigenvalue weighted by molar-refractivity contribution is -0.148. The molecule has 0 radical (unpaired) electrons. The van der Waals surface area contributed by atoms with Crippen LogP contribution in [0.4, 0.5) is 0 Å². The van der Waals surface area contributed by atoms with Crippen LogP contribution in [0.3, 0.4) is 0 Å². The van der Waals surface area contributed by atoms with Crippen LogP contribution in [0.5, 0.6) is 5.75 Å². The third kappa shape index (κ3) is 19.0. The Hall–Kier alpha value is -4.70. The van der Waals surface area contributed by atoms with E-state index in [1.165, 1.54) is 30.7 Å². The number of aromatic hydroxyl groups is 1. The van der Waals surface area contributed by atoms with Crippen molar-refractivity contribution in [1.82, 2.24) is 36.4 Å². The number of hydrogen-bond acceptors (Lipinski definition) is 18. The maximum atomic E-state index is 14.6. The van der Waals surface area contributed by atoms with E-state index >= 15 is 0 Å². The number of rotatable bonds is 23. The number of aliphatic hydroxyl groups excluding tert-OH is 7. The highest BCUT2D eigenvalue weighted by Gasteiger charge is 2.49. The zero-order chi connectivity index (χ0) is 57.1. The van der Waals surface area contributed by atoms with Crippen LogP contribution in [-0.2, 0) is 33.6 Å². The molecule has 4 rings (SSSR count). The zero-order valence-corrected chi connectivity index (χ0v) is 45.7. The zero-order valence-electron chi connectivity index (χ0n) is 44.9. The molecule has 0 aromatic heterocycles. The van der Waals surface area contributed by atoms with Crippen molar-refractivity contribution >= 4 is 53.1 Å². The van der Waals surface area contributed by atoms with Crippen molar-refractivity contribution in [2.24, 2.45) is 23.3 Å². The number of benzene rings is 1. The smallest absolute Gasteiger partial charge is 0.248 e. The van der Waals surface area contributed by atoms with Gasteiger partial charge >= 0.3 is 0 Å². The SMILES string of the molecule is CC[C@H](C)C[C@H](C)CCCCCCCCC(=O)N[C@H]1C[C@@H](O)[C@H](SCCN)NC(=O)[C@@H]2[C@@H](O)CCN2C(=O)[C@H]([C@H](O)CCN)NC(=O)[C@H]([C@H](O)[C@@H](O)c2ccc(O)cc2)NC(=O)[C@@H]2C[C@@H](O)CN2C(=O)[C@H]([C@@H](C)O)NC1=O. The molecule has 1 aromatic carbocycles. The van der Waals surface area contributed by atoms with E-state index in [-0.39, 0.29) is 56.0 Å². The molecule has 3 saturated heterocycles. The Kier molecular flexibility index (Phi) is 26.8. The summed E-state index contributed by atoms with van der Waals surface area (Å²) in [5.74, 6) is -6.19. The molecule has 0 saturated carbocycles. The fraction of sp³-hybridized carbons (Fsp3) is 0.750. The van der Waals surface area contributed by atoms with Gasteiger partial charge in [0.05, 0.1) is 30.5 Å². The van der Waals surface area contributed by atoms with Gasteiger partial charge in [0.15, 0.2) is 0 Å². The number of phenols is 1. The highest BCUT2D eigenvalue weighted by Crippen LogP contribution is 2.27. The van der Waals surface area contributed by atoms with E-state index in [2.05, 4.69) is 47.4 Å². The van der Waals surface area contributed by atoms with E-state index in [9.17, 15) is 74.4 Å². The number of amides is 7. The Balaban J connectivity index is 1.73. The maximum Gasteiger partial charge on any atom is 0.248 e. The summed E-state index contributed by atoms with van der Waals surface area (Å²) in [6, 6.07) is -6.30. The Morgan fingerprint density at radius 3 is 1.99 bits per heavy atom. The molecule has 77 heavy (non-hydrogen) atoms. The van der Waals surface area contributed by atoms with Crippen molar-refractivity contribution < 1.29 is 74.4 Å². The highest BCUT2D eigenvalue weighted by molar-refractivity contribution is 7.99. The second kappa shape index (κ2) is 31.8. The average Bonchev–Trinajstić information content (AvgIpc) is 3.99. The van der Waals surface area contributed by atoms with Gasteiger partial charge in [0.25, 0.3) is 0 Å². The third-order valence-corrected chi connectivity index (χ3v) is 16.0. The van der Waals surface area contributed by atoms with Crippen molar-refractivity contribution in [1.29, 1.82) is 0 Å². The molecule has 3 aliphatic heterocycles. The molecule has 436 valence electrons.